The van der Waals surface area contributed by atoms with E-state index in [4.69, 9.17) is 0 Å². The number of hydrogen-bond acceptors (Lipinski definition) is 4. The summed E-state index contributed by atoms with van der Waals surface area (Å²) >= 11 is 0. The molecule has 1 atom stereocenters. The van der Waals surface area contributed by atoms with E-state index in [-0.39, 0.29) is 36.2 Å². The van der Waals surface area contributed by atoms with Gasteiger partial charge in [-0.3, -0.25) is 14.5 Å². The highest BCUT2D eigenvalue weighted by atomic mass is 19.3. The highest BCUT2D eigenvalue weighted by Crippen LogP contribution is 2.39. The molecule has 2 aromatic heterocycles. The lowest BCUT2D eigenvalue weighted by atomic mass is 9.79. The molecule has 0 saturated heterocycles. The number of aromatic amines is 1. The van der Waals surface area contributed by atoms with Gasteiger partial charge in [-0.2, -0.15) is 5.10 Å². The van der Waals surface area contributed by atoms with Crippen molar-refractivity contribution in [3.05, 3.63) is 38.7 Å². The smallest absolute Gasteiger partial charge is 0.335 e. The molecule has 0 unspecified atom stereocenters. The number of hydrogen-bond donors (Lipinski definition) is 2. The Morgan fingerprint density at radius 1 is 1.23 bits per heavy atom. The zero-order chi connectivity index (χ0) is 18.5. The van der Waals surface area contributed by atoms with Crippen LogP contribution in [0.5, 0.6) is 0 Å². The van der Waals surface area contributed by atoms with Crippen molar-refractivity contribution in [2.45, 2.75) is 50.5 Å². The quantitative estimate of drug-likeness (QED) is 0.850. The first-order chi connectivity index (χ1) is 12.3. The fourth-order valence-corrected chi connectivity index (χ4v) is 4.03. The number of halogens is 2. The van der Waals surface area contributed by atoms with E-state index in [1.54, 1.807) is 19.3 Å². The molecule has 2 aromatic rings. The van der Waals surface area contributed by atoms with Crippen molar-refractivity contribution in [3.8, 4) is 5.82 Å². The Balaban J connectivity index is 1.61. The molecular formula is C17H21F2N5O2. The SMILES string of the molecule is Cn1ccc(-n2c(=O)[nH]c3c(c2=O)CC[C@H](C2CCC(F)(F)CC2)N3)n1. The molecule has 0 radical (unpaired) electrons. The lowest BCUT2D eigenvalue weighted by Gasteiger charge is -2.37. The molecule has 9 heteroatoms. The Hall–Kier alpha value is -2.45. The van der Waals surface area contributed by atoms with Crippen LogP contribution in [0, 0.1) is 5.92 Å². The fraction of sp³-hybridized carbons (Fsp3) is 0.588. The number of anilines is 1. The Labute approximate surface area is 148 Å². The molecule has 0 amide bonds. The molecule has 140 valence electrons. The highest BCUT2D eigenvalue weighted by Gasteiger charge is 2.38. The van der Waals surface area contributed by atoms with Crippen LogP contribution in [0.25, 0.3) is 5.82 Å². The molecule has 2 aliphatic rings. The normalized spacial score (nSPS) is 22.7. The molecule has 4 rings (SSSR count). The zero-order valence-electron chi connectivity index (χ0n) is 14.5. The summed E-state index contributed by atoms with van der Waals surface area (Å²) < 4.78 is 29.3. The Morgan fingerprint density at radius 2 is 1.96 bits per heavy atom. The fourth-order valence-electron chi connectivity index (χ4n) is 4.03. The van der Waals surface area contributed by atoms with E-state index in [0.29, 0.717) is 37.1 Å². The lowest BCUT2D eigenvalue weighted by molar-refractivity contribution is -0.0478. The second-order valence-corrected chi connectivity index (χ2v) is 7.25. The average Bonchev–Trinajstić information content (AvgIpc) is 3.00. The minimum Gasteiger partial charge on any atom is -0.368 e. The van der Waals surface area contributed by atoms with E-state index < -0.39 is 11.6 Å². The summed E-state index contributed by atoms with van der Waals surface area (Å²) in [7, 11) is 1.71. The molecule has 1 fully saturated rings. The van der Waals surface area contributed by atoms with Gasteiger partial charge >= 0.3 is 5.69 Å². The minimum atomic E-state index is -2.56. The van der Waals surface area contributed by atoms with Crippen LogP contribution < -0.4 is 16.6 Å². The van der Waals surface area contributed by atoms with Gasteiger partial charge in [0.25, 0.3) is 5.56 Å². The monoisotopic (exact) mass is 365 g/mol. The molecule has 0 aromatic carbocycles. The third kappa shape index (κ3) is 2.95. The number of fused-ring (bicyclic) bond motifs is 1. The number of aromatic nitrogens is 4. The van der Waals surface area contributed by atoms with Gasteiger partial charge in [0.2, 0.25) is 5.92 Å². The number of aryl methyl sites for hydroxylation is 1. The van der Waals surface area contributed by atoms with Gasteiger partial charge in [0.15, 0.2) is 5.82 Å². The van der Waals surface area contributed by atoms with Crippen molar-refractivity contribution in [1.29, 1.82) is 0 Å². The highest BCUT2D eigenvalue weighted by molar-refractivity contribution is 5.47. The standard InChI is InChI=1S/C17H21F2N5O2/c1-23-9-6-13(22-23)24-15(25)11-2-3-12(20-14(11)21-16(24)26)10-4-7-17(18,19)8-5-10/h6,9-10,12,20H,2-5,7-8H2,1H3,(H,21,26)/t12-/m1/s1. The molecule has 3 heterocycles. The predicted octanol–water partition coefficient (Wildman–Crippen LogP) is 1.81. The van der Waals surface area contributed by atoms with Gasteiger partial charge in [-0.25, -0.2) is 18.1 Å². The van der Waals surface area contributed by atoms with E-state index in [1.165, 1.54) is 4.68 Å². The first-order valence-electron chi connectivity index (χ1n) is 8.87. The second kappa shape index (κ2) is 6.07. The van der Waals surface area contributed by atoms with Crippen molar-refractivity contribution in [2.24, 2.45) is 13.0 Å². The summed E-state index contributed by atoms with van der Waals surface area (Å²) in [5.41, 5.74) is -0.438. The Bertz CT molecular complexity index is 935. The van der Waals surface area contributed by atoms with Crippen LogP contribution in [-0.4, -0.2) is 31.3 Å². The number of rotatable bonds is 2. The molecule has 0 bridgehead atoms. The van der Waals surface area contributed by atoms with Gasteiger partial charge in [-0.1, -0.05) is 0 Å². The first kappa shape index (κ1) is 17.0. The van der Waals surface area contributed by atoms with Crippen molar-refractivity contribution >= 4 is 5.82 Å². The van der Waals surface area contributed by atoms with E-state index in [9.17, 15) is 18.4 Å². The maximum Gasteiger partial charge on any atom is 0.335 e. The summed E-state index contributed by atoms with van der Waals surface area (Å²) in [6.45, 7) is 0. The maximum absolute atomic E-state index is 13.4. The van der Waals surface area contributed by atoms with Gasteiger partial charge < -0.3 is 5.32 Å². The zero-order valence-corrected chi connectivity index (χ0v) is 14.5. The summed E-state index contributed by atoms with van der Waals surface area (Å²) in [6.07, 6.45) is 3.56. The third-order valence-electron chi connectivity index (χ3n) is 5.49. The lowest BCUT2D eigenvalue weighted by Crippen LogP contribution is -2.43. The molecule has 0 spiro atoms. The van der Waals surface area contributed by atoms with Gasteiger partial charge in [-0.15, -0.1) is 0 Å². The Morgan fingerprint density at radius 3 is 2.62 bits per heavy atom. The number of nitrogens with one attached hydrogen (secondary N) is 2. The van der Waals surface area contributed by atoms with E-state index in [0.717, 1.165) is 4.57 Å². The van der Waals surface area contributed by atoms with E-state index in [1.807, 2.05) is 0 Å². The van der Waals surface area contributed by atoms with Crippen LogP contribution in [0.3, 0.4) is 0 Å². The van der Waals surface area contributed by atoms with E-state index >= 15 is 0 Å². The molecular weight excluding hydrogens is 344 g/mol. The number of nitrogens with zero attached hydrogens (tertiary/aromatic N) is 3. The molecule has 1 saturated carbocycles. The summed E-state index contributed by atoms with van der Waals surface area (Å²) in [5.74, 6) is -1.74. The van der Waals surface area contributed by atoms with Gasteiger partial charge in [-0.05, 0) is 31.6 Å². The molecule has 1 aliphatic carbocycles. The van der Waals surface area contributed by atoms with Gasteiger partial charge in [0, 0.05) is 38.2 Å². The van der Waals surface area contributed by atoms with Crippen LogP contribution in [0.1, 0.15) is 37.7 Å². The van der Waals surface area contributed by atoms with E-state index in [2.05, 4.69) is 15.4 Å². The minimum absolute atomic E-state index is 0.000602. The van der Waals surface area contributed by atoms with Crippen LogP contribution in [-0.2, 0) is 13.5 Å². The van der Waals surface area contributed by atoms with Crippen molar-refractivity contribution < 1.29 is 8.78 Å². The Kier molecular flexibility index (Phi) is 3.96. The molecule has 7 nitrogen and oxygen atoms in total. The topological polar surface area (TPSA) is 84.7 Å². The van der Waals surface area contributed by atoms with Crippen molar-refractivity contribution in [1.82, 2.24) is 19.3 Å². The number of alkyl halides is 2. The average molecular weight is 365 g/mol. The molecule has 1 aliphatic heterocycles. The van der Waals surface area contributed by atoms with Crippen LogP contribution in [0.4, 0.5) is 14.6 Å². The summed E-state index contributed by atoms with van der Waals surface area (Å²) in [6, 6.07) is 1.60. The second-order valence-electron chi connectivity index (χ2n) is 7.25. The van der Waals surface area contributed by atoms with Crippen molar-refractivity contribution in [3.63, 3.8) is 0 Å². The first-order valence-corrected chi connectivity index (χ1v) is 8.87. The van der Waals surface area contributed by atoms with Crippen LogP contribution in [0.2, 0.25) is 0 Å². The predicted molar refractivity (Wildman–Crippen MR) is 92.1 cm³/mol. The van der Waals surface area contributed by atoms with Crippen LogP contribution >= 0.6 is 0 Å². The van der Waals surface area contributed by atoms with Crippen molar-refractivity contribution in [2.75, 3.05) is 5.32 Å². The molecule has 2 N–H and O–H groups in total. The maximum atomic E-state index is 13.4. The van der Waals surface area contributed by atoms with Gasteiger partial charge in [0.1, 0.15) is 5.82 Å². The van der Waals surface area contributed by atoms with Crippen LogP contribution in [0.15, 0.2) is 21.9 Å². The largest absolute Gasteiger partial charge is 0.368 e. The summed E-state index contributed by atoms with van der Waals surface area (Å²) in [4.78, 5) is 27.9. The number of H-pyrrole nitrogens is 1. The van der Waals surface area contributed by atoms with Gasteiger partial charge in [0.05, 0.1) is 5.56 Å². The molecule has 26 heavy (non-hydrogen) atoms. The third-order valence-corrected chi connectivity index (χ3v) is 5.49. The summed E-state index contributed by atoms with van der Waals surface area (Å²) in [5, 5.41) is 7.34.